The summed E-state index contributed by atoms with van der Waals surface area (Å²) < 4.78 is 0. The van der Waals surface area contributed by atoms with Gasteiger partial charge in [-0.2, -0.15) is 0 Å². The number of carbonyl (C=O) groups excluding carboxylic acids is 1. The van der Waals surface area contributed by atoms with Gasteiger partial charge in [-0.05, 0) is 24.6 Å². The molecule has 0 radical (unpaired) electrons. The van der Waals surface area contributed by atoms with Gasteiger partial charge < -0.3 is 10.6 Å². The molecule has 0 bridgehead atoms. The molecule has 0 fully saturated rings. The van der Waals surface area contributed by atoms with Gasteiger partial charge in [-0.15, -0.1) is 6.58 Å². The average Bonchev–Trinajstić information content (AvgIpc) is 2.28. The van der Waals surface area contributed by atoms with Crippen LogP contribution < -0.4 is 5.73 Å². The summed E-state index contributed by atoms with van der Waals surface area (Å²) in [4.78, 5) is 13.9. The summed E-state index contributed by atoms with van der Waals surface area (Å²) in [6.45, 7) is 6.88. The molecule has 0 saturated carbocycles. The molecule has 1 aromatic carbocycles. The number of nitrogens with two attached hydrogens (primary N) is 1. The maximum Gasteiger partial charge on any atom is 0.255 e. The highest BCUT2D eigenvalue weighted by Gasteiger charge is 2.16. The third-order valence-electron chi connectivity index (χ3n) is 2.35. The molecule has 0 spiro atoms. The van der Waals surface area contributed by atoms with Gasteiger partial charge in [0.25, 0.3) is 5.91 Å². The van der Waals surface area contributed by atoms with Crippen molar-refractivity contribution in [2.45, 2.75) is 13.3 Å². The molecule has 4 heteroatoms. The number of hydrogen-bond acceptors (Lipinski definition) is 2. The summed E-state index contributed by atoms with van der Waals surface area (Å²) in [5, 5.41) is 0.389. The Morgan fingerprint density at radius 2 is 2.29 bits per heavy atom. The molecular weight excluding hydrogens is 236 g/mol. The second-order valence-corrected chi connectivity index (χ2v) is 4.19. The lowest BCUT2D eigenvalue weighted by molar-refractivity contribution is 0.0774. The third-order valence-corrected chi connectivity index (χ3v) is 2.67. The number of nitrogens with zero attached hydrogens (tertiary/aromatic N) is 1. The molecule has 3 nitrogen and oxygen atoms in total. The first-order valence-corrected chi connectivity index (χ1v) is 5.93. The van der Waals surface area contributed by atoms with Crippen LogP contribution in [0.5, 0.6) is 0 Å². The third kappa shape index (κ3) is 3.49. The molecule has 0 aliphatic heterocycles. The minimum absolute atomic E-state index is 0.0863. The minimum atomic E-state index is -0.0863. The summed E-state index contributed by atoms with van der Waals surface area (Å²) in [5.41, 5.74) is 6.63. The fourth-order valence-electron chi connectivity index (χ4n) is 1.58. The van der Waals surface area contributed by atoms with Crippen LogP contribution in [0.2, 0.25) is 5.02 Å². The maximum atomic E-state index is 12.2. The predicted molar refractivity (Wildman–Crippen MR) is 72.3 cm³/mol. The smallest absolute Gasteiger partial charge is 0.255 e. The van der Waals surface area contributed by atoms with Crippen LogP contribution in [0, 0.1) is 0 Å². The lowest BCUT2D eigenvalue weighted by Gasteiger charge is -2.21. The summed E-state index contributed by atoms with van der Waals surface area (Å²) in [7, 11) is 0. The summed E-state index contributed by atoms with van der Waals surface area (Å²) in [6, 6.07) is 4.93. The van der Waals surface area contributed by atoms with Crippen molar-refractivity contribution in [2.24, 2.45) is 0 Å². The van der Waals surface area contributed by atoms with Gasteiger partial charge in [0, 0.05) is 18.8 Å². The van der Waals surface area contributed by atoms with Crippen LogP contribution in [0.15, 0.2) is 30.9 Å². The number of benzene rings is 1. The highest BCUT2D eigenvalue weighted by molar-refractivity contribution is 6.34. The number of nitrogen functional groups attached to an aromatic ring is 1. The molecular formula is C13H17ClN2O. The number of amides is 1. The Morgan fingerprint density at radius 3 is 2.82 bits per heavy atom. The van der Waals surface area contributed by atoms with Gasteiger partial charge >= 0.3 is 0 Å². The summed E-state index contributed by atoms with van der Waals surface area (Å²) in [5.74, 6) is -0.0863. The Labute approximate surface area is 107 Å². The average molecular weight is 253 g/mol. The Morgan fingerprint density at radius 1 is 1.59 bits per heavy atom. The number of hydrogen-bond donors (Lipinski definition) is 1. The zero-order valence-electron chi connectivity index (χ0n) is 9.95. The van der Waals surface area contributed by atoms with Crippen LogP contribution >= 0.6 is 11.6 Å². The number of anilines is 1. The number of carbonyl (C=O) groups is 1. The zero-order chi connectivity index (χ0) is 12.8. The van der Waals surface area contributed by atoms with Crippen LogP contribution in [0.1, 0.15) is 23.7 Å². The molecule has 2 N–H and O–H groups in total. The lowest BCUT2D eigenvalue weighted by atomic mass is 10.1. The Balaban J connectivity index is 2.96. The fourth-order valence-corrected chi connectivity index (χ4v) is 1.85. The van der Waals surface area contributed by atoms with Gasteiger partial charge in [-0.3, -0.25) is 4.79 Å². The Hall–Kier alpha value is -1.48. The Bertz CT molecular complexity index is 418. The Kier molecular flexibility index (Phi) is 5.04. The standard InChI is InChI=1S/C13H17ClN2O/c1-3-7-16(8-4-2)13(17)11-6-5-10(15)9-12(11)14/h3,5-6,9H,1,4,7-8,15H2,2H3. The van der Waals surface area contributed by atoms with E-state index in [1.54, 1.807) is 29.2 Å². The van der Waals surface area contributed by atoms with E-state index >= 15 is 0 Å². The van der Waals surface area contributed by atoms with Crippen LogP contribution in [0.4, 0.5) is 5.69 Å². The lowest BCUT2D eigenvalue weighted by Crippen LogP contribution is -2.32. The van der Waals surface area contributed by atoms with E-state index in [0.29, 0.717) is 29.4 Å². The number of rotatable bonds is 5. The van der Waals surface area contributed by atoms with E-state index in [-0.39, 0.29) is 5.91 Å². The van der Waals surface area contributed by atoms with Gasteiger partial charge in [-0.25, -0.2) is 0 Å². The molecule has 1 amide bonds. The van der Waals surface area contributed by atoms with Crippen molar-refractivity contribution in [2.75, 3.05) is 18.8 Å². The van der Waals surface area contributed by atoms with Crippen LogP contribution in [0.3, 0.4) is 0 Å². The van der Waals surface area contributed by atoms with Crippen molar-refractivity contribution in [3.8, 4) is 0 Å². The minimum Gasteiger partial charge on any atom is -0.399 e. The number of halogens is 1. The molecule has 0 aliphatic carbocycles. The molecule has 0 aromatic heterocycles. The van der Waals surface area contributed by atoms with Gasteiger partial charge in [0.2, 0.25) is 0 Å². The van der Waals surface area contributed by atoms with Crippen LogP contribution in [-0.4, -0.2) is 23.9 Å². The molecule has 0 atom stereocenters. The predicted octanol–water partition coefficient (Wildman–Crippen LogP) is 2.96. The first-order chi connectivity index (χ1) is 8.10. The molecule has 0 saturated heterocycles. The van der Waals surface area contributed by atoms with E-state index in [0.717, 1.165) is 6.42 Å². The molecule has 0 aliphatic rings. The van der Waals surface area contributed by atoms with E-state index < -0.39 is 0 Å². The fraction of sp³-hybridized carbons (Fsp3) is 0.308. The second kappa shape index (κ2) is 6.30. The van der Waals surface area contributed by atoms with Crippen molar-refractivity contribution in [1.29, 1.82) is 0 Å². The second-order valence-electron chi connectivity index (χ2n) is 3.78. The highest BCUT2D eigenvalue weighted by Crippen LogP contribution is 2.20. The van der Waals surface area contributed by atoms with E-state index in [2.05, 4.69) is 6.58 Å². The van der Waals surface area contributed by atoms with E-state index in [1.165, 1.54) is 0 Å². The molecule has 1 rings (SSSR count). The first kappa shape index (κ1) is 13.6. The molecule has 92 valence electrons. The summed E-state index contributed by atoms with van der Waals surface area (Å²) >= 11 is 6.02. The van der Waals surface area contributed by atoms with E-state index in [4.69, 9.17) is 17.3 Å². The van der Waals surface area contributed by atoms with Crippen LogP contribution in [0.25, 0.3) is 0 Å². The quantitative estimate of drug-likeness (QED) is 0.647. The first-order valence-electron chi connectivity index (χ1n) is 5.55. The molecule has 0 heterocycles. The van der Waals surface area contributed by atoms with Gasteiger partial charge in [-0.1, -0.05) is 24.6 Å². The highest BCUT2D eigenvalue weighted by atomic mass is 35.5. The van der Waals surface area contributed by atoms with E-state index in [9.17, 15) is 4.79 Å². The van der Waals surface area contributed by atoms with Crippen LogP contribution in [-0.2, 0) is 0 Å². The van der Waals surface area contributed by atoms with Crippen molar-refractivity contribution in [3.63, 3.8) is 0 Å². The summed E-state index contributed by atoms with van der Waals surface area (Å²) in [6.07, 6.45) is 2.60. The van der Waals surface area contributed by atoms with Gasteiger partial charge in [0.1, 0.15) is 0 Å². The van der Waals surface area contributed by atoms with Crippen molar-refractivity contribution in [1.82, 2.24) is 4.90 Å². The molecule has 0 unspecified atom stereocenters. The topological polar surface area (TPSA) is 46.3 Å². The SMILES string of the molecule is C=CCN(CCC)C(=O)c1ccc(N)cc1Cl. The maximum absolute atomic E-state index is 12.2. The molecule has 17 heavy (non-hydrogen) atoms. The monoisotopic (exact) mass is 252 g/mol. The van der Waals surface area contributed by atoms with Crippen molar-refractivity contribution in [3.05, 3.63) is 41.4 Å². The van der Waals surface area contributed by atoms with Gasteiger partial charge in [0.05, 0.1) is 10.6 Å². The van der Waals surface area contributed by atoms with Gasteiger partial charge in [0.15, 0.2) is 0 Å². The van der Waals surface area contributed by atoms with Crippen molar-refractivity contribution >= 4 is 23.2 Å². The largest absolute Gasteiger partial charge is 0.399 e. The van der Waals surface area contributed by atoms with E-state index in [1.807, 2.05) is 6.92 Å². The van der Waals surface area contributed by atoms with Crippen molar-refractivity contribution < 1.29 is 4.79 Å². The normalized spacial score (nSPS) is 10.0. The molecule has 1 aromatic rings. The zero-order valence-corrected chi connectivity index (χ0v) is 10.7.